The molecule has 0 bridgehead atoms. The lowest BCUT2D eigenvalue weighted by Gasteiger charge is -2.21. The molecular formula is C20H22FN3O2. The maximum absolute atomic E-state index is 13.6. The van der Waals surface area contributed by atoms with Gasteiger partial charge in [-0.05, 0) is 45.2 Å². The molecule has 3 rings (SSSR count). The van der Waals surface area contributed by atoms with E-state index in [1.165, 1.54) is 11.6 Å². The molecule has 0 aliphatic rings. The minimum atomic E-state index is -0.358. The van der Waals surface area contributed by atoms with E-state index < -0.39 is 0 Å². The first-order valence-corrected chi connectivity index (χ1v) is 8.52. The minimum absolute atomic E-state index is 0.0779. The highest BCUT2D eigenvalue weighted by molar-refractivity contribution is 5.52. The van der Waals surface area contributed by atoms with Gasteiger partial charge in [0.05, 0.1) is 6.04 Å². The topological polar surface area (TPSA) is 51.4 Å². The number of ether oxygens (including phenoxy) is 1. The number of aryl methyl sites for hydroxylation is 1. The molecule has 1 atom stereocenters. The average molecular weight is 355 g/mol. The van der Waals surface area contributed by atoms with Crippen molar-refractivity contribution in [1.82, 2.24) is 15.1 Å². The second-order valence-electron chi connectivity index (χ2n) is 6.25. The maximum Gasteiger partial charge on any atom is 0.247 e. The first-order chi connectivity index (χ1) is 12.5. The molecule has 0 N–H and O–H groups in total. The minimum Gasteiger partial charge on any atom is -0.489 e. The third-order valence-electron chi connectivity index (χ3n) is 4.30. The van der Waals surface area contributed by atoms with Gasteiger partial charge in [-0.15, -0.1) is 10.2 Å². The molecule has 0 spiro atoms. The smallest absolute Gasteiger partial charge is 0.247 e. The van der Waals surface area contributed by atoms with Crippen molar-refractivity contribution in [2.24, 2.45) is 0 Å². The van der Waals surface area contributed by atoms with E-state index in [1.54, 1.807) is 18.2 Å². The standard InChI is InChI=1S/C20H22FN3O2/c1-14-8-10-16(11-9-14)20-23-22-19(26-20)15(2)24(3)12-13-25-18-7-5-4-6-17(18)21/h4-11,15H,12-13H2,1-3H3. The molecule has 1 heterocycles. The van der Waals surface area contributed by atoms with E-state index in [0.717, 1.165) is 5.56 Å². The number of likely N-dealkylation sites (N-methyl/N-ethyl adjacent to an activating group) is 1. The van der Waals surface area contributed by atoms with E-state index in [-0.39, 0.29) is 17.6 Å². The van der Waals surface area contributed by atoms with Crippen LogP contribution in [0.5, 0.6) is 5.75 Å². The van der Waals surface area contributed by atoms with E-state index in [2.05, 4.69) is 10.2 Å². The third-order valence-corrected chi connectivity index (χ3v) is 4.30. The maximum atomic E-state index is 13.6. The van der Waals surface area contributed by atoms with Crippen molar-refractivity contribution < 1.29 is 13.5 Å². The highest BCUT2D eigenvalue weighted by Gasteiger charge is 2.19. The molecule has 1 aromatic heterocycles. The molecule has 136 valence electrons. The van der Waals surface area contributed by atoms with Crippen molar-refractivity contribution in [1.29, 1.82) is 0 Å². The first-order valence-electron chi connectivity index (χ1n) is 8.52. The van der Waals surface area contributed by atoms with Crippen LogP contribution in [0.1, 0.15) is 24.4 Å². The van der Waals surface area contributed by atoms with Crippen LogP contribution in [0.4, 0.5) is 4.39 Å². The second-order valence-corrected chi connectivity index (χ2v) is 6.25. The summed E-state index contributed by atoms with van der Waals surface area (Å²) in [6.07, 6.45) is 0. The Morgan fingerprint density at radius 3 is 2.58 bits per heavy atom. The number of hydrogen-bond acceptors (Lipinski definition) is 5. The van der Waals surface area contributed by atoms with Gasteiger partial charge in [-0.2, -0.15) is 0 Å². The van der Waals surface area contributed by atoms with Gasteiger partial charge < -0.3 is 9.15 Å². The number of halogens is 1. The highest BCUT2D eigenvalue weighted by Crippen LogP contribution is 2.23. The molecule has 0 aliphatic carbocycles. The van der Waals surface area contributed by atoms with Crippen molar-refractivity contribution in [3.63, 3.8) is 0 Å². The van der Waals surface area contributed by atoms with Crippen LogP contribution in [-0.2, 0) is 0 Å². The fourth-order valence-electron chi connectivity index (χ4n) is 2.46. The number of benzene rings is 2. The van der Waals surface area contributed by atoms with Crippen molar-refractivity contribution in [2.75, 3.05) is 20.2 Å². The molecule has 0 amide bonds. The summed E-state index contributed by atoms with van der Waals surface area (Å²) < 4.78 is 24.9. The van der Waals surface area contributed by atoms with E-state index in [0.29, 0.717) is 24.9 Å². The number of nitrogens with zero attached hydrogens (tertiary/aromatic N) is 3. The zero-order chi connectivity index (χ0) is 18.5. The van der Waals surface area contributed by atoms with E-state index >= 15 is 0 Å². The van der Waals surface area contributed by atoms with Gasteiger partial charge in [-0.1, -0.05) is 29.8 Å². The van der Waals surface area contributed by atoms with Crippen LogP contribution in [-0.4, -0.2) is 35.3 Å². The largest absolute Gasteiger partial charge is 0.489 e. The summed E-state index contributed by atoms with van der Waals surface area (Å²) >= 11 is 0. The Kier molecular flexibility index (Phi) is 5.63. The van der Waals surface area contributed by atoms with Crippen LogP contribution in [0, 0.1) is 12.7 Å². The number of para-hydroxylation sites is 1. The molecular weight excluding hydrogens is 333 g/mol. The van der Waals surface area contributed by atoms with Crippen LogP contribution in [0.2, 0.25) is 0 Å². The van der Waals surface area contributed by atoms with Crippen molar-refractivity contribution in [2.45, 2.75) is 19.9 Å². The lowest BCUT2D eigenvalue weighted by molar-refractivity contribution is 0.179. The van der Waals surface area contributed by atoms with Gasteiger partial charge in [0.15, 0.2) is 11.6 Å². The number of rotatable bonds is 7. The highest BCUT2D eigenvalue weighted by atomic mass is 19.1. The molecule has 6 heteroatoms. The van der Waals surface area contributed by atoms with Crippen LogP contribution in [0.25, 0.3) is 11.5 Å². The average Bonchev–Trinajstić information content (AvgIpc) is 3.13. The molecule has 2 aromatic carbocycles. The molecule has 0 aliphatic heterocycles. The first kappa shape index (κ1) is 18.1. The summed E-state index contributed by atoms with van der Waals surface area (Å²) in [5, 5.41) is 8.29. The van der Waals surface area contributed by atoms with Crippen LogP contribution < -0.4 is 4.74 Å². The Hall–Kier alpha value is -2.73. The Morgan fingerprint density at radius 2 is 1.85 bits per heavy atom. The molecule has 1 unspecified atom stereocenters. The Morgan fingerprint density at radius 1 is 1.12 bits per heavy atom. The van der Waals surface area contributed by atoms with E-state index in [9.17, 15) is 4.39 Å². The normalized spacial score (nSPS) is 12.3. The third kappa shape index (κ3) is 4.26. The van der Waals surface area contributed by atoms with Gasteiger partial charge in [0, 0.05) is 12.1 Å². The zero-order valence-electron chi connectivity index (χ0n) is 15.1. The van der Waals surface area contributed by atoms with E-state index in [1.807, 2.05) is 50.1 Å². The van der Waals surface area contributed by atoms with Crippen LogP contribution in [0.3, 0.4) is 0 Å². The quantitative estimate of drug-likeness (QED) is 0.634. The SMILES string of the molecule is Cc1ccc(-c2nnc(C(C)N(C)CCOc3ccccc3F)o2)cc1. The Balaban J connectivity index is 1.57. The molecule has 5 nitrogen and oxygen atoms in total. The molecule has 0 radical (unpaired) electrons. The molecule has 0 saturated carbocycles. The fraction of sp³-hybridized carbons (Fsp3) is 0.300. The zero-order valence-corrected chi connectivity index (χ0v) is 15.1. The monoisotopic (exact) mass is 355 g/mol. The molecule has 26 heavy (non-hydrogen) atoms. The summed E-state index contributed by atoms with van der Waals surface area (Å²) in [6, 6.07) is 14.2. The number of hydrogen-bond donors (Lipinski definition) is 0. The molecule has 0 fully saturated rings. The molecule has 3 aromatic rings. The van der Waals surface area contributed by atoms with Gasteiger partial charge in [0.25, 0.3) is 0 Å². The Bertz CT molecular complexity index is 848. The lowest BCUT2D eigenvalue weighted by Crippen LogP contribution is -2.27. The van der Waals surface area contributed by atoms with Crippen LogP contribution >= 0.6 is 0 Å². The van der Waals surface area contributed by atoms with E-state index in [4.69, 9.17) is 9.15 Å². The van der Waals surface area contributed by atoms with Gasteiger partial charge in [-0.3, -0.25) is 4.90 Å². The van der Waals surface area contributed by atoms with Gasteiger partial charge in [-0.25, -0.2) is 4.39 Å². The summed E-state index contributed by atoms with van der Waals surface area (Å²) in [5.41, 5.74) is 2.07. The summed E-state index contributed by atoms with van der Waals surface area (Å²) in [5.74, 6) is 0.938. The fourth-order valence-corrected chi connectivity index (χ4v) is 2.46. The lowest BCUT2D eigenvalue weighted by atomic mass is 10.1. The summed E-state index contributed by atoms with van der Waals surface area (Å²) in [6.45, 7) is 4.97. The van der Waals surface area contributed by atoms with Gasteiger partial charge in [0.1, 0.15) is 6.61 Å². The van der Waals surface area contributed by atoms with Gasteiger partial charge in [0.2, 0.25) is 11.8 Å². The van der Waals surface area contributed by atoms with Gasteiger partial charge >= 0.3 is 0 Å². The predicted molar refractivity (Wildman–Crippen MR) is 97.4 cm³/mol. The summed E-state index contributed by atoms with van der Waals surface area (Å²) in [4.78, 5) is 2.02. The van der Waals surface area contributed by atoms with Crippen molar-refractivity contribution >= 4 is 0 Å². The summed E-state index contributed by atoms with van der Waals surface area (Å²) in [7, 11) is 1.94. The Labute approximate surface area is 152 Å². The molecule has 0 saturated heterocycles. The van der Waals surface area contributed by atoms with Crippen molar-refractivity contribution in [3.05, 3.63) is 65.8 Å². The second kappa shape index (κ2) is 8.10. The van der Waals surface area contributed by atoms with Crippen LogP contribution in [0.15, 0.2) is 52.9 Å². The predicted octanol–water partition coefficient (Wildman–Crippen LogP) is 4.26. The van der Waals surface area contributed by atoms with Crippen molar-refractivity contribution in [3.8, 4) is 17.2 Å². The number of aromatic nitrogens is 2.